The van der Waals surface area contributed by atoms with Crippen molar-refractivity contribution < 1.29 is 19.4 Å². The minimum atomic E-state index is -0.790. The number of amides is 2. The smallest absolute Gasteiger partial charge is 0.321 e. The molecule has 0 atom stereocenters. The van der Waals surface area contributed by atoms with Crippen molar-refractivity contribution in [3.8, 4) is 11.5 Å². The molecule has 0 aliphatic carbocycles. The van der Waals surface area contributed by atoms with E-state index in [1.165, 1.54) is 0 Å². The number of likely N-dealkylation sites (tertiary alicyclic amines) is 1. The third-order valence-electron chi connectivity index (χ3n) is 4.29. The van der Waals surface area contributed by atoms with Crippen LogP contribution in [0.5, 0.6) is 11.5 Å². The standard InChI is InChI=1S/C19H19ClN2O4/c20-14-1-5-16(6-2-14)26-17-7-3-15(4-8-17)21-19(25)22-11-9-13(10-12-22)18(23)24/h1-8,13H,9-12H2,(H,21,25)(H,23,24). The number of carboxylic acid groups (broad SMARTS) is 1. The topological polar surface area (TPSA) is 78.9 Å². The van der Waals surface area contributed by atoms with E-state index in [1.54, 1.807) is 53.4 Å². The summed E-state index contributed by atoms with van der Waals surface area (Å²) >= 11 is 5.84. The van der Waals surface area contributed by atoms with Gasteiger partial charge in [0.2, 0.25) is 0 Å². The van der Waals surface area contributed by atoms with Crippen LogP contribution in [-0.4, -0.2) is 35.1 Å². The number of anilines is 1. The molecule has 136 valence electrons. The Bertz CT molecular complexity index is 769. The molecule has 1 aliphatic rings. The maximum Gasteiger partial charge on any atom is 0.321 e. The van der Waals surface area contributed by atoms with Crippen LogP contribution in [0, 0.1) is 5.92 Å². The Kier molecular flexibility index (Phi) is 5.63. The van der Waals surface area contributed by atoms with Gasteiger partial charge in [-0.2, -0.15) is 0 Å². The molecule has 0 saturated carbocycles. The largest absolute Gasteiger partial charge is 0.481 e. The molecule has 2 N–H and O–H groups in total. The summed E-state index contributed by atoms with van der Waals surface area (Å²) in [5.41, 5.74) is 0.652. The molecule has 1 aliphatic heterocycles. The molecule has 0 spiro atoms. The Morgan fingerprint density at radius 3 is 2.08 bits per heavy atom. The van der Waals surface area contributed by atoms with Crippen LogP contribution in [0.4, 0.5) is 10.5 Å². The molecular formula is C19H19ClN2O4. The molecular weight excluding hydrogens is 356 g/mol. The zero-order valence-electron chi connectivity index (χ0n) is 14.0. The Labute approximate surface area is 156 Å². The predicted molar refractivity (Wildman–Crippen MR) is 98.9 cm³/mol. The van der Waals surface area contributed by atoms with E-state index >= 15 is 0 Å². The summed E-state index contributed by atoms with van der Waals surface area (Å²) in [6.45, 7) is 0.890. The maximum absolute atomic E-state index is 12.3. The van der Waals surface area contributed by atoms with Crippen molar-refractivity contribution in [3.05, 3.63) is 53.6 Å². The SMILES string of the molecule is O=C(O)C1CCN(C(=O)Nc2ccc(Oc3ccc(Cl)cc3)cc2)CC1. The molecule has 1 saturated heterocycles. The Hall–Kier alpha value is -2.73. The fraction of sp³-hybridized carbons (Fsp3) is 0.263. The van der Waals surface area contributed by atoms with Crippen LogP contribution < -0.4 is 10.1 Å². The van der Waals surface area contributed by atoms with Gasteiger partial charge in [-0.3, -0.25) is 4.79 Å². The van der Waals surface area contributed by atoms with Crippen LogP contribution >= 0.6 is 11.6 Å². The van der Waals surface area contributed by atoms with Gasteiger partial charge in [0.1, 0.15) is 11.5 Å². The number of ether oxygens (including phenoxy) is 1. The van der Waals surface area contributed by atoms with E-state index in [1.807, 2.05) is 0 Å². The average molecular weight is 375 g/mol. The third-order valence-corrected chi connectivity index (χ3v) is 4.54. The van der Waals surface area contributed by atoms with E-state index < -0.39 is 5.97 Å². The Morgan fingerprint density at radius 1 is 1.00 bits per heavy atom. The highest BCUT2D eigenvalue weighted by Crippen LogP contribution is 2.25. The van der Waals surface area contributed by atoms with Crippen LogP contribution in [0.2, 0.25) is 5.02 Å². The molecule has 0 radical (unpaired) electrons. The molecule has 0 unspecified atom stereocenters. The normalized spacial score (nSPS) is 14.7. The van der Waals surface area contributed by atoms with E-state index in [0.29, 0.717) is 48.1 Å². The zero-order valence-corrected chi connectivity index (χ0v) is 14.8. The van der Waals surface area contributed by atoms with Crippen molar-refractivity contribution in [2.45, 2.75) is 12.8 Å². The minimum Gasteiger partial charge on any atom is -0.481 e. The number of halogens is 1. The number of piperidine rings is 1. The van der Waals surface area contributed by atoms with Crippen molar-refractivity contribution in [3.63, 3.8) is 0 Å². The number of hydrogen-bond acceptors (Lipinski definition) is 3. The van der Waals surface area contributed by atoms with Gasteiger partial charge in [-0.05, 0) is 61.4 Å². The molecule has 2 aromatic rings. The second kappa shape index (κ2) is 8.10. The average Bonchev–Trinajstić information content (AvgIpc) is 2.65. The fourth-order valence-corrected chi connectivity index (χ4v) is 2.90. The van der Waals surface area contributed by atoms with Crippen molar-refractivity contribution in [1.82, 2.24) is 4.90 Å². The lowest BCUT2D eigenvalue weighted by atomic mass is 9.97. The maximum atomic E-state index is 12.3. The quantitative estimate of drug-likeness (QED) is 0.828. The van der Waals surface area contributed by atoms with E-state index in [9.17, 15) is 9.59 Å². The van der Waals surface area contributed by atoms with E-state index in [4.69, 9.17) is 21.4 Å². The van der Waals surface area contributed by atoms with Crippen LogP contribution in [-0.2, 0) is 4.79 Å². The second-order valence-corrected chi connectivity index (χ2v) is 6.55. The van der Waals surface area contributed by atoms with Gasteiger partial charge in [-0.1, -0.05) is 11.6 Å². The number of carbonyl (C=O) groups excluding carboxylic acids is 1. The van der Waals surface area contributed by atoms with E-state index in [-0.39, 0.29) is 11.9 Å². The number of nitrogens with one attached hydrogen (secondary N) is 1. The zero-order chi connectivity index (χ0) is 18.5. The van der Waals surface area contributed by atoms with Crippen molar-refractivity contribution in [2.24, 2.45) is 5.92 Å². The summed E-state index contributed by atoms with van der Waals surface area (Å²) in [6.07, 6.45) is 0.966. The molecule has 2 amide bonds. The van der Waals surface area contributed by atoms with Gasteiger partial charge >= 0.3 is 12.0 Å². The molecule has 0 aromatic heterocycles. The van der Waals surface area contributed by atoms with Crippen LogP contribution in [0.15, 0.2) is 48.5 Å². The van der Waals surface area contributed by atoms with Gasteiger partial charge in [-0.15, -0.1) is 0 Å². The predicted octanol–water partition coefficient (Wildman–Crippen LogP) is 4.46. The van der Waals surface area contributed by atoms with Gasteiger partial charge in [0.25, 0.3) is 0 Å². The first-order valence-corrected chi connectivity index (χ1v) is 8.71. The monoisotopic (exact) mass is 374 g/mol. The molecule has 0 bridgehead atoms. The van der Waals surface area contributed by atoms with E-state index in [0.717, 1.165) is 0 Å². The van der Waals surface area contributed by atoms with Gasteiger partial charge < -0.3 is 20.1 Å². The summed E-state index contributed by atoms with van der Waals surface area (Å²) in [6, 6.07) is 13.9. The number of hydrogen-bond donors (Lipinski definition) is 2. The third kappa shape index (κ3) is 4.67. The molecule has 26 heavy (non-hydrogen) atoms. The van der Waals surface area contributed by atoms with Gasteiger partial charge in [-0.25, -0.2) is 4.79 Å². The first-order chi connectivity index (χ1) is 12.5. The highest BCUT2D eigenvalue weighted by atomic mass is 35.5. The number of rotatable bonds is 4. The molecule has 7 heteroatoms. The molecule has 2 aromatic carbocycles. The fourth-order valence-electron chi connectivity index (χ4n) is 2.78. The number of urea groups is 1. The van der Waals surface area contributed by atoms with Crippen molar-refractivity contribution >= 4 is 29.3 Å². The summed E-state index contributed by atoms with van der Waals surface area (Å²) in [5, 5.41) is 12.5. The van der Waals surface area contributed by atoms with Crippen LogP contribution in [0.3, 0.4) is 0 Å². The number of aliphatic carboxylic acids is 1. The van der Waals surface area contributed by atoms with Crippen LogP contribution in [0.1, 0.15) is 12.8 Å². The molecule has 3 rings (SSSR count). The van der Waals surface area contributed by atoms with Crippen molar-refractivity contribution in [2.75, 3.05) is 18.4 Å². The molecule has 6 nitrogen and oxygen atoms in total. The first-order valence-electron chi connectivity index (χ1n) is 8.33. The van der Waals surface area contributed by atoms with Crippen molar-refractivity contribution in [1.29, 1.82) is 0 Å². The summed E-state index contributed by atoms with van der Waals surface area (Å²) in [7, 11) is 0. The summed E-state index contributed by atoms with van der Waals surface area (Å²) in [5.74, 6) is 0.171. The number of carboxylic acids is 1. The summed E-state index contributed by atoms with van der Waals surface area (Å²) in [4.78, 5) is 24.9. The molecule has 1 fully saturated rings. The van der Waals surface area contributed by atoms with Crippen LogP contribution in [0.25, 0.3) is 0 Å². The van der Waals surface area contributed by atoms with Gasteiger partial charge in [0.15, 0.2) is 0 Å². The van der Waals surface area contributed by atoms with Gasteiger partial charge in [0, 0.05) is 23.8 Å². The second-order valence-electron chi connectivity index (χ2n) is 6.11. The van der Waals surface area contributed by atoms with E-state index in [2.05, 4.69) is 5.32 Å². The highest BCUT2D eigenvalue weighted by molar-refractivity contribution is 6.30. The highest BCUT2D eigenvalue weighted by Gasteiger charge is 2.26. The molecule has 1 heterocycles. The Morgan fingerprint density at radius 2 is 1.54 bits per heavy atom. The first kappa shape index (κ1) is 18.1. The lowest BCUT2D eigenvalue weighted by Crippen LogP contribution is -2.42. The number of carbonyl (C=O) groups is 2. The number of benzene rings is 2. The van der Waals surface area contributed by atoms with Gasteiger partial charge in [0.05, 0.1) is 5.92 Å². The minimum absolute atomic E-state index is 0.222. The lowest BCUT2D eigenvalue weighted by Gasteiger charge is -2.30. The Balaban J connectivity index is 1.53. The lowest BCUT2D eigenvalue weighted by molar-refractivity contribution is -0.143. The number of nitrogens with zero attached hydrogens (tertiary/aromatic N) is 1. The summed E-state index contributed by atoms with van der Waals surface area (Å²) < 4.78 is 5.71.